The molecule has 4 rings (SSSR count). The van der Waals surface area contributed by atoms with E-state index in [9.17, 15) is 9.59 Å². The SMILES string of the molecule is O=C([C@H]1CCCCN1C(=O)c1csc(Nc2cccc(Cl)c2Cl)n1)N1CCOCC1. The summed E-state index contributed by atoms with van der Waals surface area (Å²) >= 11 is 13.6. The topological polar surface area (TPSA) is 74.8 Å². The van der Waals surface area contributed by atoms with Crippen LogP contribution in [0.5, 0.6) is 0 Å². The van der Waals surface area contributed by atoms with Gasteiger partial charge in [-0.2, -0.15) is 0 Å². The second-order valence-electron chi connectivity index (χ2n) is 7.21. The number of carbonyl (C=O) groups is 2. The molecule has 7 nitrogen and oxygen atoms in total. The summed E-state index contributed by atoms with van der Waals surface area (Å²) in [6, 6.07) is 4.84. The van der Waals surface area contributed by atoms with Crippen molar-refractivity contribution in [3.63, 3.8) is 0 Å². The van der Waals surface area contributed by atoms with Crippen molar-refractivity contribution < 1.29 is 14.3 Å². The number of anilines is 2. The van der Waals surface area contributed by atoms with Gasteiger partial charge in [-0.05, 0) is 31.4 Å². The number of aromatic nitrogens is 1. The van der Waals surface area contributed by atoms with Crippen LogP contribution in [0.15, 0.2) is 23.6 Å². The third-order valence-electron chi connectivity index (χ3n) is 5.29. The van der Waals surface area contributed by atoms with Crippen molar-refractivity contribution in [1.29, 1.82) is 0 Å². The summed E-state index contributed by atoms with van der Waals surface area (Å²) in [5.41, 5.74) is 0.943. The molecular weight excluding hydrogens is 447 g/mol. The molecule has 2 saturated heterocycles. The molecule has 2 fully saturated rings. The monoisotopic (exact) mass is 468 g/mol. The van der Waals surface area contributed by atoms with Crippen molar-refractivity contribution in [2.45, 2.75) is 25.3 Å². The van der Waals surface area contributed by atoms with Gasteiger partial charge in [0, 0.05) is 25.0 Å². The lowest BCUT2D eigenvalue weighted by molar-refractivity contribution is -0.141. The zero-order chi connectivity index (χ0) is 21.1. The molecule has 10 heteroatoms. The van der Waals surface area contributed by atoms with Crippen molar-refractivity contribution >= 4 is 57.2 Å². The van der Waals surface area contributed by atoms with E-state index >= 15 is 0 Å². The molecule has 1 aromatic carbocycles. The highest BCUT2D eigenvalue weighted by atomic mass is 35.5. The Bertz CT molecular complexity index is 933. The Balaban J connectivity index is 1.48. The maximum Gasteiger partial charge on any atom is 0.274 e. The van der Waals surface area contributed by atoms with Gasteiger partial charge in [0.1, 0.15) is 11.7 Å². The number of nitrogens with one attached hydrogen (secondary N) is 1. The Morgan fingerprint density at radius 3 is 2.77 bits per heavy atom. The second-order valence-corrected chi connectivity index (χ2v) is 8.86. The lowest BCUT2D eigenvalue weighted by Crippen LogP contribution is -2.55. The van der Waals surface area contributed by atoms with Crippen LogP contribution in [-0.4, -0.2) is 65.5 Å². The van der Waals surface area contributed by atoms with Gasteiger partial charge in [-0.1, -0.05) is 29.3 Å². The maximum atomic E-state index is 13.2. The van der Waals surface area contributed by atoms with E-state index in [2.05, 4.69) is 10.3 Å². The van der Waals surface area contributed by atoms with E-state index in [0.717, 1.165) is 12.8 Å². The molecule has 1 N–H and O–H groups in total. The summed E-state index contributed by atoms with van der Waals surface area (Å²) < 4.78 is 5.34. The average molecular weight is 469 g/mol. The number of thiazole rings is 1. The number of rotatable bonds is 4. The minimum Gasteiger partial charge on any atom is -0.378 e. The van der Waals surface area contributed by atoms with E-state index in [1.54, 1.807) is 33.4 Å². The molecule has 0 bridgehead atoms. The Morgan fingerprint density at radius 1 is 1.17 bits per heavy atom. The largest absolute Gasteiger partial charge is 0.378 e. The van der Waals surface area contributed by atoms with Crippen LogP contribution >= 0.6 is 34.5 Å². The van der Waals surface area contributed by atoms with E-state index in [1.807, 2.05) is 0 Å². The van der Waals surface area contributed by atoms with Crippen LogP contribution in [0.2, 0.25) is 10.0 Å². The van der Waals surface area contributed by atoms with Crippen molar-refractivity contribution in [2.24, 2.45) is 0 Å². The first-order chi connectivity index (χ1) is 14.5. The number of carbonyl (C=O) groups excluding carboxylic acids is 2. The standard InChI is InChI=1S/C20H22Cl2N4O3S/c21-13-4-3-5-14(17(13)22)23-20-24-15(12-30-20)18(27)26-7-2-1-6-16(26)19(28)25-8-10-29-11-9-25/h3-5,12,16H,1-2,6-11H2,(H,23,24)/t16-/m1/s1. The van der Waals surface area contributed by atoms with E-state index in [0.29, 0.717) is 65.8 Å². The fraction of sp³-hybridized carbons (Fsp3) is 0.450. The summed E-state index contributed by atoms with van der Waals surface area (Å²) in [5, 5.41) is 6.18. The fourth-order valence-corrected chi connectivity index (χ4v) is 4.76. The first-order valence-corrected chi connectivity index (χ1v) is 11.5. The highest BCUT2D eigenvalue weighted by Crippen LogP contribution is 2.33. The molecule has 2 aliphatic rings. The lowest BCUT2D eigenvalue weighted by Gasteiger charge is -2.38. The van der Waals surface area contributed by atoms with Crippen LogP contribution in [0.3, 0.4) is 0 Å². The molecule has 1 aromatic heterocycles. The number of morpholine rings is 1. The Hall–Kier alpha value is -1.87. The molecule has 0 unspecified atom stereocenters. The Labute approximate surface area is 188 Å². The number of halogens is 2. The minimum atomic E-state index is -0.440. The third-order valence-corrected chi connectivity index (χ3v) is 6.86. The number of hydrogen-bond acceptors (Lipinski definition) is 6. The normalized spacial score (nSPS) is 19.6. The van der Waals surface area contributed by atoms with Crippen LogP contribution < -0.4 is 5.32 Å². The van der Waals surface area contributed by atoms with Gasteiger partial charge in [-0.3, -0.25) is 9.59 Å². The molecule has 0 radical (unpaired) electrons. The van der Waals surface area contributed by atoms with Crippen LogP contribution in [0.1, 0.15) is 29.8 Å². The highest BCUT2D eigenvalue weighted by molar-refractivity contribution is 7.14. The summed E-state index contributed by atoms with van der Waals surface area (Å²) in [7, 11) is 0. The van der Waals surface area contributed by atoms with Gasteiger partial charge in [0.15, 0.2) is 5.13 Å². The zero-order valence-electron chi connectivity index (χ0n) is 16.3. The van der Waals surface area contributed by atoms with Gasteiger partial charge in [0.05, 0.1) is 28.9 Å². The predicted octanol–water partition coefficient (Wildman–Crippen LogP) is 4.05. The highest BCUT2D eigenvalue weighted by Gasteiger charge is 2.36. The van der Waals surface area contributed by atoms with E-state index in [1.165, 1.54) is 11.3 Å². The van der Waals surface area contributed by atoms with Crippen LogP contribution in [0, 0.1) is 0 Å². The number of piperidine rings is 1. The molecule has 3 heterocycles. The molecule has 2 aliphatic heterocycles. The van der Waals surface area contributed by atoms with Gasteiger partial charge < -0.3 is 19.9 Å². The summed E-state index contributed by atoms with van der Waals surface area (Å²) in [4.78, 5) is 34.1. The third kappa shape index (κ3) is 4.56. The van der Waals surface area contributed by atoms with Gasteiger partial charge in [0.2, 0.25) is 5.91 Å². The Kier molecular flexibility index (Phi) is 6.77. The summed E-state index contributed by atoms with van der Waals surface area (Å²) in [6.45, 7) is 2.78. The first kappa shape index (κ1) is 21.4. The number of hydrogen-bond donors (Lipinski definition) is 1. The molecule has 2 aromatic rings. The number of ether oxygens (including phenoxy) is 1. The summed E-state index contributed by atoms with van der Waals surface area (Å²) in [6.07, 6.45) is 2.49. The van der Waals surface area contributed by atoms with Gasteiger partial charge in [-0.25, -0.2) is 4.98 Å². The number of benzene rings is 1. The van der Waals surface area contributed by atoms with E-state index in [4.69, 9.17) is 27.9 Å². The average Bonchev–Trinajstić information content (AvgIpc) is 3.25. The predicted molar refractivity (Wildman–Crippen MR) is 118 cm³/mol. The summed E-state index contributed by atoms with van der Waals surface area (Å²) in [5.74, 6) is -0.214. The fourth-order valence-electron chi connectivity index (χ4n) is 3.72. The quantitative estimate of drug-likeness (QED) is 0.732. The van der Waals surface area contributed by atoms with Gasteiger partial charge in [-0.15, -0.1) is 11.3 Å². The van der Waals surface area contributed by atoms with Crippen molar-refractivity contribution in [3.05, 3.63) is 39.3 Å². The van der Waals surface area contributed by atoms with Crippen LogP contribution in [0.4, 0.5) is 10.8 Å². The van der Waals surface area contributed by atoms with E-state index in [-0.39, 0.29) is 11.8 Å². The molecule has 2 amide bonds. The first-order valence-electron chi connectivity index (χ1n) is 9.88. The Morgan fingerprint density at radius 2 is 1.97 bits per heavy atom. The van der Waals surface area contributed by atoms with Crippen molar-refractivity contribution in [3.8, 4) is 0 Å². The van der Waals surface area contributed by atoms with Crippen molar-refractivity contribution in [1.82, 2.24) is 14.8 Å². The number of amides is 2. The maximum absolute atomic E-state index is 13.2. The van der Waals surface area contributed by atoms with Crippen LogP contribution in [-0.2, 0) is 9.53 Å². The minimum absolute atomic E-state index is 0.00522. The second kappa shape index (κ2) is 9.51. The van der Waals surface area contributed by atoms with Gasteiger partial charge >= 0.3 is 0 Å². The number of likely N-dealkylation sites (tertiary alicyclic amines) is 1. The smallest absolute Gasteiger partial charge is 0.274 e. The van der Waals surface area contributed by atoms with Crippen LogP contribution in [0.25, 0.3) is 0 Å². The van der Waals surface area contributed by atoms with Gasteiger partial charge in [0.25, 0.3) is 5.91 Å². The molecule has 0 aliphatic carbocycles. The number of nitrogens with zero attached hydrogens (tertiary/aromatic N) is 3. The molecule has 0 spiro atoms. The lowest BCUT2D eigenvalue weighted by atomic mass is 10.00. The molecular formula is C20H22Cl2N4O3S. The molecule has 0 saturated carbocycles. The molecule has 160 valence electrons. The molecule has 1 atom stereocenters. The molecule has 30 heavy (non-hydrogen) atoms. The van der Waals surface area contributed by atoms with Crippen molar-refractivity contribution in [2.75, 3.05) is 38.2 Å². The zero-order valence-corrected chi connectivity index (χ0v) is 18.6. The van der Waals surface area contributed by atoms with E-state index < -0.39 is 6.04 Å².